The summed E-state index contributed by atoms with van der Waals surface area (Å²) in [4.78, 5) is 23.1. The first-order chi connectivity index (χ1) is 28.8. The summed E-state index contributed by atoms with van der Waals surface area (Å²) in [7, 11) is 0. The first kappa shape index (κ1) is 42.6. The van der Waals surface area contributed by atoms with Gasteiger partial charge in [0.2, 0.25) is 11.7 Å². The van der Waals surface area contributed by atoms with Gasteiger partial charge >= 0.3 is 0 Å². The van der Waals surface area contributed by atoms with Crippen LogP contribution in [0.1, 0.15) is 106 Å². The summed E-state index contributed by atoms with van der Waals surface area (Å²) in [6, 6.07) is 20.7. The molecule has 0 aromatic heterocycles. The third-order valence-electron chi connectivity index (χ3n) is 13.1. The molecule has 3 aliphatic carbocycles. The molecular weight excluding hydrogens is 748 g/mol. The lowest BCUT2D eigenvalue weighted by Gasteiger charge is -2.60. The molecule has 1 amide bonds. The maximum atomic E-state index is 15.0. The van der Waals surface area contributed by atoms with Gasteiger partial charge in [0.1, 0.15) is 30.0 Å². The lowest BCUT2D eigenvalue weighted by molar-refractivity contribution is -0.258. The number of nitrogens with zero attached hydrogens (tertiary/aromatic N) is 2. The van der Waals surface area contributed by atoms with E-state index in [0.29, 0.717) is 36.6 Å². The summed E-state index contributed by atoms with van der Waals surface area (Å²) in [5.74, 6) is -1.20. The van der Waals surface area contributed by atoms with Crippen LogP contribution in [0.15, 0.2) is 102 Å². The van der Waals surface area contributed by atoms with Crippen LogP contribution < -0.4 is 4.74 Å². The molecule has 0 bridgehead atoms. The highest BCUT2D eigenvalue weighted by atomic mass is 19.1. The van der Waals surface area contributed by atoms with Crippen LogP contribution in [0.3, 0.4) is 0 Å². The van der Waals surface area contributed by atoms with Crippen LogP contribution in [0.25, 0.3) is 0 Å². The summed E-state index contributed by atoms with van der Waals surface area (Å²) < 4.78 is 28.7. The molecule has 316 valence electrons. The number of aromatic hydroxyl groups is 1. The molecular formula is C49H61FN2O7. The van der Waals surface area contributed by atoms with Gasteiger partial charge in [0.05, 0.1) is 18.2 Å². The second-order valence-electron chi connectivity index (χ2n) is 16.9. The Labute approximate surface area is 348 Å². The molecule has 0 spiro atoms. The van der Waals surface area contributed by atoms with Crippen LogP contribution >= 0.6 is 0 Å². The van der Waals surface area contributed by atoms with Crippen LogP contribution in [0, 0.1) is 29.5 Å². The van der Waals surface area contributed by atoms with Gasteiger partial charge in [-0.15, -0.1) is 6.58 Å². The van der Waals surface area contributed by atoms with Crippen molar-refractivity contribution in [3.8, 4) is 11.5 Å². The normalized spacial score (nSPS) is 25.4. The summed E-state index contributed by atoms with van der Waals surface area (Å²) in [6.45, 7) is 4.83. The minimum atomic E-state index is -1.42. The molecule has 3 N–H and O–H groups in total. The van der Waals surface area contributed by atoms with E-state index < -0.39 is 17.7 Å². The van der Waals surface area contributed by atoms with Gasteiger partial charge in [0.25, 0.3) is 0 Å². The summed E-state index contributed by atoms with van der Waals surface area (Å²) in [5.41, 5.74) is 4.26. The van der Waals surface area contributed by atoms with Crippen LogP contribution in [0.5, 0.6) is 11.5 Å². The number of phenols is 1. The molecule has 3 aromatic rings. The molecule has 59 heavy (non-hydrogen) atoms. The maximum absolute atomic E-state index is 15.0. The summed E-state index contributed by atoms with van der Waals surface area (Å²) in [6.07, 6.45) is 14.6. The van der Waals surface area contributed by atoms with Crippen molar-refractivity contribution in [2.45, 2.75) is 114 Å². The van der Waals surface area contributed by atoms with Crippen LogP contribution in [0.4, 0.5) is 4.39 Å². The number of benzene rings is 3. The second kappa shape index (κ2) is 20.2. The number of ether oxygens (including phenoxy) is 2. The van der Waals surface area contributed by atoms with E-state index in [-0.39, 0.29) is 74.6 Å². The minimum absolute atomic E-state index is 0.0291. The zero-order chi connectivity index (χ0) is 41.2. The number of unbranched alkanes of at least 4 members (excludes halogenated alkanes) is 2. The number of carbonyl (C=O) groups is 1. The lowest BCUT2D eigenvalue weighted by Crippen LogP contribution is -2.70. The Morgan fingerprint density at radius 3 is 2.42 bits per heavy atom. The van der Waals surface area contributed by atoms with Crippen molar-refractivity contribution in [2.75, 3.05) is 19.8 Å². The molecule has 1 aliphatic heterocycles. The van der Waals surface area contributed by atoms with Gasteiger partial charge in [0.15, 0.2) is 0 Å². The van der Waals surface area contributed by atoms with Gasteiger partial charge in [-0.1, -0.05) is 98.3 Å². The fourth-order valence-corrected chi connectivity index (χ4v) is 10.3. The maximum Gasteiger partial charge on any atom is 0.239 e. The van der Waals surface area contributed by atoms with Gasteiger partial charge in [-0.25, -0.2) is 4.39 Å². The van der Waals surface area contributed by atoms with E-state index in [0.717, 1.165) is 67.2 Å². The van der Waals surface area contributed by atoms with Crippen molar-refractivity contribution < 1.29 is 38.8 Å². The topological polar surface area (TPSA) is 121 Å². The predicted molar refractivity (Wildman–Crippen MR) is 226 cm³/mol. The highest BCUT2D eigenvalue weighted by molar-refractivity contribution is 6.03. The van der Waals surface area contributed by atoms with Crippen molar-refractivity contribution in [2.24, 2.45) is 28.8 Å². The number of hydrogen-bond donors (Lipinski definition) is 3. The van der Waals surface area contributed by atoms with Crippen LogP contribution in [-0.4, -0.2) is 63.5 Å². The van der Waals surface area contributed by atoms with Gasteiger partial charge in [0, 0.05) is 44.1 Å². The number of hydrogen-bond acceptors (Lipinski definition) is 8. The molecule has 2 fully saturated rings. The number of allylic oxidation sites excluding steroid dienone is 1. The van der Waals surface area contributed by atoms with E-state index in [1.165, 1.54) is 25.0 Å². The number of phenolic OH excluding ortho intramolecular Hbond substituents is 1. The van der Waals surface area contributed by atoms with E-state index in [1.54, 1.807) is 36.4 Å². The van der Waals surface area contributed by atoms with Gasteiger partial charge in [-0.2, -0.15) is 0 Å². The molecule has 10 heteroatoms. The molecule has 1 heterocycles. The van der Waals surface area contributed by atoms with Gasteiger partial charge in [-0.3, -0.25) is 4.79 Å². The third-order valence-corrected chi connectivity index (χ3v) is 13.1. The lowest BCUT2D eigenvalue weighted by atomic mass is 9.55. The zero-order valence-electron chi connectivity index (χ0n) is 34.2. The van der Waals surface area contributed by atoms with E-state index >= 15 is 0 Å². The molecule has 0 radical (unpaired) electrons. The highest BCUT2D eigenvalue weighted by Crippen LogP contribution is 2.62. The number of halogens is 1. The monoisotopic (exact) mass is 808 g/mol. The number of oxime groups is 1. The molecule has 7 rings (SSSR count). The van der Waals surface area contributed by atoms with Gasteiger partial charge in [-0.05, 0) is 96.9 Å². The van der Waals surface area contributed by atoms with Crippen molar-refractivity contribution in [3.05, 3.63) is 120 Å². The first-order valence-corrected chi connectivity index (χ1v) is 21.8. The highest BCUT2D eigenvalue weighted by Gasteiger charge is 2.65. The fourth-order valence-electron chi connectivity index (χ4n) is 10.3. The zero-order valence-corrected chi connectivity index (χ0v) is 34.2. The number of rotatable bonds is 20. The summed E-state index contributed by atoms with van der Waals surface area (Å²) >= 11 is 0. The SMILES string of the molecule is C=CCOC12Oc3ccc(O)cc3C3C(CCCCO)C(CCCCO)C=C(C(=NOCc4ccccc4)CC1N(Cc1ccc(F)cc1)C(=O)CCC1CCCC1)C32. The van der Waals surface area contributed by atoms with E-state index in [1.807, 2.05) is 35.2 Å². The standard InChI is InChI=1S/C49H61FN2O7/c1-2-28-57-49-45(52(32-35-18-21-38(50)22-19-35)46(56)25-20-34-12-6-7-13-34)31-43(51-58-33-36-14-4-3-5-15-36)41-29-37(16-8-10-26-53)40(17-9-11-27-54)47(48(41)49)42-30-39(55)23-24-44(42)59-49/h2-5,14-15,18-19,21-24,29-30,34,37,40,45,47-48,53-55H,1,6-13,16-17,20,25-28,31-33H2. The number of carbonyl (C=O) groups excluding carboxylic acids is 1. The molecule has 6 unspecified atom stereocenters. The number of amides is 1. The first-order valence-electron chi connectivity index (χ1n) is 21.8. The number of aliphatic hydroxyl groups excluding tert-OH is 2. The Morgan fingerprint density at radius 2 is 1.69 bits per heavy atom. The Balaban J connectivity index is 1.41. The Hall–Kier alpha value is -4.51. The second-order valence-corrected chi connectivity index (χ2v) is 16.9. The van der Waals surface area contributed by atoms with Crippen LogP contribution in [0.2, 0.25) is 0 Å². The minimum Gasteiger partial charge on any atom is -0.508 e. The number of fused-ring (bicyclic) bond motifs is 2. The average molecular weight is 809 g/mol. The van der Waals surface area contributed by atoms with Crippen molar-refractivity contribution in [1.82, 2.24) is 4.90 Å². The van der Waals surface area contributed by atoms with Crippen LogP contribution in [-0.2, 0) is 27.5 Å². The Morgan fingerprint density at radius 1 is 0.949 bits per heavy atom. The smallest absolute Gasteiger partial charge is 0.239 e. The van der Waals surface area contributed by atoms with Crippen molar-refractivity contribution in [3.63, 3.8) is 0 Å². The van der Waals surface area contributed by atoms with Gasteiger partial charge < -0.3 is 34.5 Å². The number of aliphatic hydroxyl groups is 2. The molecule has 9 nitrogen and oxygen atoms in total. The van der Waals surface area contributed by atoms with Crippen molar-refractivity contribution in [1.29, 1.82) is 0 Å². The van der Waals surface area contributed by atoms with E-state index in [4.69, 9.17) is 19.5 Å². The molecule has 4 aliphatic rings. The predicted octanol–water partition coefficient (Wildman–Crippen LogP) is 9.36. The average Bonchev–Trinajstić information content (AvgIpc) is 3.78. The molecule has 0 saturated heterocycles. The fraction of sp³-hybridized carbons (Fsp3) is 0.510. The molecule has 2 saturated carbocycles. The Kier molecular flexibility index (Phi) is 14.6. The Bertz CT molecular complexity index is 1910. The molecule has 3 aromatic carbocycles. The van der Waals surface area contributed by atoms with Crippen molar-refractivity contribution >= 4 is 11.6 Å². The summed E-state index contributed by atoms with van der Waals surface area (Å²) in [5, 5.41) is 35.7. The third kappa shape index (κ3) is 9.77. The van der Waals surface area contributed by atoms with E-state index in [9.17, 15) is 24.5 Å². The molecule has 6 atom stereocenters. The largest absolute Gasteiger partial charge is 0.508 e. The quantitative estimate of drug-likeness (QED) is 0.0591. The van der Waals surface area contributed by atoms with E-state index in [2.05, 4.69) is 12.7 Å².